The minimum absolute atomic E-state index is 0.0985. The maximum Gasteiger partial charge on any atom is 0.111 e. The molecule has 4 heteroatoms. The number of imidazole rings is 1. The molecule has 0 atom stereocenters. The Morgan fingerprint density at radius 2 is 2.00 bits per heavy atom. The van der Waals surface area contributed by atoms with Gasteiger partial charge in [0.25, 0.3) is 0 Å². The van der Waals surface area contributed by atoms with Crippen molar-refractivity contribution in [3.05, 3.63) is 29.0 Å². The average molecular weight is 306 g/mol. The third kappa shape index (κ3) is 2.82. The van der Waals surface area contributed by atoms with Crippen LogP contribution in [0.25, 0.3) is 11.0 Å². The van der Waals surface area contributed by atoms with E-state index < -0.39 is 0 Å². The second-order valence-corrected chi connectivity index (χ2v) is 7.11. The molecule has 0 aliphatic heterocycles. The summed E-state index contributed by atoms with van der Waals surface area (Å²) in [5, 5.41) is 0.773. The van der Waals surface area contributed by atoms with Crippen LogP contribution in [-0.2, 0) is 6.42 Å². The summed E-state index contributed by atoms with van der Waals surface area (Å²) < 4.78 is 2.26. The van der Waals surface area contributed by atoms with E-state index in [1.54, 1.807) is 0 Å². The van der Waals surface area contributed by atoms with E-state index in [4.69, 9.17) is 22.3 Å². The molecule has 1 fully saturated rings. The largest absolute Gasteiger partial charge is 0.325 e. The highest BCUT2D eigenvalue weighted by Crippen LogP contribution is 2.33. The van der Waals surface area contributed by atoms with Crippen LogP contribution in [0.3, 0.4) is 0 Å². The zero-order valence-electron chi connectivity index (χ0n) is 12.9. The Hall–Kier alpha value is -1.06. The number of rotatable bonds is 3. The quantitative estimate of drug-likeness (QED) is 0.909. The van der Waals surface area contributed by atoms with Gasteiger partial charge in [0.15, 0.2) is 0 Å². The molecule has 1 aliphatic rings. The highest BCUT2D eigenvalue weighted by atomic mass is 35.5. The Morgan fingerprint density at radius 3 is 2.67 bits per heavy atom. The summed E-state index contributed by atoms with van der Waals surface area (Å²) in [6, 6.07) is 6.27. The molecule has 0 saturated heterocycles. The van der Waals surface area contributed by atoms with Crippen molar-refractivity contribution in [1.82, 2.24) is 9.55 Å². The predicted molar refractivity (Wildman–Crippen MR) is 88.8 cm³/mol. The molecule has 2 aromatic rings. The number of halogens is 1. The van der Waals surface area contributed by atoms with Crippen molar-refractivity contribution in [3.63, 3.8) is 0 Å². The minimum atomic E-state index is -0.0985. The van der Waals surface area contributed by atoms with Gasteiger partial charge in [0.2, 0.25) is 0 Å². The minimum Gasteiger partial charge on any atom is -0.325 e. The lowest BCUT2D eigenvalue weighted by Crippen LogP contribution is -2.44. The third-order valence-corrected chi connectivity index (χ3v) is 4.91. The van der Waals surface area contributed by atoms with Crippen molar-refractivity contribution in [2.45, 2.75) is 64.0 Å². The SMILES string of the molecule is CC(C)n1c(CC2(N)CCCCC2)nc2cccc(Cl)c21. The summed E-state index contributed by atoms with van der Waals surface area (Å²) in [7, 11) is 0. The molecule has 1 saturated carbocycles. The van der Waals surface area contributed by atoms with E-state index in [1.165, 1.54) is 19.3 Å². The number of hydrogen-bond acceptors (Lipinski definition) is 2. The smallest absolute Gasteiger partial charge is 0.111 e. The summed E-state index contributed by atoms with van der Waals surface area (Å²) in [6.45, 7) is 4.36. The van der Waals surface area contributed by atoms with E-state index in [0.717, 1.165) is 41.1 Å². The zero-order valence-corrected chi connectivity index (χ0v) is 13.7. The number of hydrogen-bond donors (Lipinski definition) is 1. The Labute approximate surface area is 131 Å². The summed E-state index contributed by atoms with van der Waals surface area (Å²) in [4.78, 5) is 4.83. The maximum atomic E-state index is 6.63. The highest BCUT2D eigenvalue weighted by Gasteiger charge is 2.30. The van der Waals surface area contributed by atoms with Crippen molar-refractivity contribution in [3.8, 4) is 0 Å². The van der Waals surface area contributed by atoms with Crippen molar-refractivity contribution < 1.29 is 0 Å². The Morgan fingerprint density at radius 1 is 1.29 bits per heavy atom. The van der Waals surface area contributed by atoms with Crippen molar-refractivity contribution >= 4 is 22.6 Å². The summed E-state index contributed by atoms with van der Waals surface area (Å²) in [5.41, 5.74) is 8.56. The monoisotopic (exact) mass is 305 g/mol. The van der Waals surface area contributed by atoms with Crippen LogP contribution in [0, 0.1) is 0 Å². The molecular weight excluding hydrogens is 282 g/mol. The fraction of sp³-hybridized carbons (Fsp3) is 0.588. The first-order valence-corrected chi connectivity index (χ1v) is 8.32. The molecule has 3 rings (SSSR count). The standard InChI is InChI=1S/C17H24ClN3/c1-12(2)21-15(11-17(19)9-4-3-5-10-17)20-14-8-6-7-13(18)16(14)21/h6-8,12H,3-5,9-11,19H2,1-2H3. The van der Waals surface area contributed by atoms with Crippen molar-refractivity contribution in [1.29, 1.82) is 0 Å². The number of aromatic nitrogens is 2. The van der Waals surface area contributed by atoms with Crippen LogP contribution >= 0.6 is 11.6 Å². The van der Waals surface area contributed by atoms with Gasteiger partial charge in [-0.25, -0.2) is 4.98 Å². The molecular formula is C17H24ClN3. The van der Waals surface area contributed by atoms with Crippen molar-refractivity contribution in [2.24, 2.45) is 5.73 Å². The molecule has 114 valence electrons. The Balaban J connectivity index is 2.05. The first-order valence-electron chi connectivity index (χ1n) is 7.94. The van der Waals surface area contributed by atoms with E-state index in [1.807, 2.05) is 18.2 Å². The van der Waals surface area contributed by atoms with Crippen LogP contribution in [0.5, 0.6) is 0 Å². The number of para-hydroxylation sites is 1. The van der Waals surface area contributed by atoms with Crippen LogP contribution in [0.4, 0.5) is 0 Å². The molecule has 2 N–H and O–H groups in total. The van der Waals surface area contributed by atoms with E-state index in [2.05, 4.69) is 18.4 Å². The number of fused-ring (bicyclic) bond motifs is 1. The summed E-state index contributed by atoms with van der Waals surface area (Å²) >= 11 is 6.40. The molecule has 1 aromatic heterocycles. The van der Waals surface area contributed by atoms with Gasteiger partial charge in [-0.2, -0.15) is 0 Å². The number of nitrogens with two attached hydrogens (primary N) is 1. The molecule has 1 heterocycles. The second-order valence-electron chi connectivity index (χ2n) is 6.70. The van der Waals surface area contributed by atoms with E-state index in [-0.39, 0.29) is 5.54 Å². The van der Waals surface area contributed by atoms with Gasteiger partial charge in [-0.15, -0.1) is 0 Å². The molecule has 1 aromatic carbocycles. The lowest BCUT2D eigenvalue weighted by Gasteiger charge is -2.33. The van der Waals surface area contributed by atoms with E-state index in [9.17, 15) is 0 Å². The fourth-order valence-electron chi connectivity index (χ4n) is 3.58. The Kier molecular flexibility index (Phi) is 3.98. The van der Waals surface area contributed by atoms with Crippen molar-refractivity contribution in [2.75, 3.05) is 0 Å². The predicted octanol–water partition coefficient (Wildman–Crippen LogP) is 4.47. The van der Waals surface area contributed by atoms with E-state index in [0.29, 0.717) is 6.04 Å². The van der Waals surface area contributed by atoms with Gasteiger partial charge in [-0.3, -0.25) is 0 Å². The first kappa shape index (κ1) is 14.9. The molecule has 3 nitrogen and oxygen atoms in total. The Bertz CT molecular complexity index is 639. The fourth-order valence-corrected chi connectivity index (χ4v) is 3.84. The molecule has 0 amide bonds. The van der Waals surface area contributed by atoms with Crippen LogP contribution in [-0.4, -0.2) is 15.1 Å². The average Bonchev–Trinajstić information content (AvgIpc) is 2.78. The topological polar surface area (TPSA) is 43.8 Å². The van der Waals surface area contributed by atoms with Crippen LogP contribution < -0.4 is 5.73 Å². The molecule has 1 aliphatic carbocycles. The van der Waals surface area contributed by atoms with Crippen LogP contribution in [0.1, 0.15) is 57.8 Å². The molecule has 0 bridgehead atoms. The van der Waals surface area contributed by atoms with Gasteiger partial charge >= 0.3 is 0 Å². The van der Waals surface area contributed by atoms with Gasteiger partial charge in [-0.1, -0.05) is 36.9 Å². The summed E-state index contributed by atoms with van der Waals surface area (Å²) in [5.74, 6) is 1.08. The van der Waals surface area contributed by atoms with Crippen LogP contribution in [0.2, 0.25) is 5.02 Å². The molecule has 0 spiro atoms. The van der Waals surface area contributed by atoms with Gasteiger partial charge in [0.1, 0.15) is 5.82 Å². The highest BCUT2D eigenvalue weighted by molar-refractivity contribution is 6.35. The third-order valence-electron chi connectivity index (χ3n) is 4.61. The van der Waals surface area contributed by atoms with Gasteiger partial charge in [0.05, 0.1) is 16.1 Å². The molecule has 0 unspecified atom stereocenters. The summed E-state index contributed by atoms with van der Waals surface area (Å²) in [6.07, 6.45) is 6.82. The lowest BCUT2D eigenvalue weighted by molar-refractivity contribution is 0.286. The van der Waals surface area contributed by atoms with Crippen LogP contribution in [0.15, 0.2) is 18.2 Å². The first-order chi connectivity index (χ1) is 10.0. The number of benzene rings is 1. The zero-order chi connectivity index (χ0) is 15.0. The van der Waals surface area contributed by atoms with Gasteiger partial charge < -0.3 is 10.3 Å². The normalized spacial score (nSPS) is 18.5. The number of nitrogens with zero attached hydrogens (tertiary/aromatic N) is 2. The molecule has 0 radical (unpaired) electrons. The van der Waals surface area contributed by atoms with Gasteiger partial charge in [-0.05, 0) is 38.8 Å². The lowest BCUT2D eigenvalue weighted by atomic mass is 9.80. The van der Waals surface area contributed by atoms with Gasteiger partial charge in [0, 0.05) is 18.0 Å². The second kappa shape index (κ2) is 5.62. The maximum absolute atomic E-state index is 6.63. The van der Waals surface area contributed by atoms with E-state index >= 15 is 0 Å². The molecule has 21 heavy (non-hydrogen) atoms.